The molecule has 1 aromatic carbocycles. The van der Waals surface area contributed by atoms with Crippen molar-refractivity contribution in [2.45, 2.75) is 36.3 Å². The number of rotatable bonds is 6. The zero-order valence-corrected chi connectivity index (χ0v) is 13.9. The van der Waals surface area contributed by atoms with E-state index in [0.29, 0.717) is 0 Å². The van der Waals surface area contributed by atoms with E-state index in [4.69, 9.17) is 0 Å². The van der Waals surface area contributed by atoms with Gasteiger partial charge in [-0.2, -0.15) is 0 Å². The number of hydrogen-bond donors (Lipinski definition) is 1. The maximum Gasteiger partial charge on any atom is 0.235 e. The number of likely N-dealkylation sites (tertiary alicyclic amines) is 1. The third-order valence-electron chi connectivity index (χ3n) is 4.13. The van der Waals surface area contributed by atoms with Crippen molar-refractivity contribution in [2.75, 3.05) is 26.7 Å². The van der Waals surface area contributed by atoms with Crippen molar-refractivity contribution >= 4 is 17.7 Å². The fraction of sp³-hybridized carbons (Fsp3) is 0.588. The summed E-state index contributed by atoms with van der Waals surface area (Å²) < 4.78 is 0. The van der Waals surface area contributed by atoms with Crippen LogP contribution in [0.1, 0.15) is 26.2 Å². The van der Waals surface area contributed by atoms with Crippen LogP contribution in [0.4, 0.5) is 0 Å². The number of hydrogen-bond acceptors (Lipinski definition) is 3. The highest BCUT2D eigenvalue weighted by Gasteiger charge is 2.26. The number of carbonyl (C=O) groups is 1. The number of nitrogens with zero attached hydrogens (tertiary/aromatic N) is 1. The highest BCUT2D eigenvalue weighted by Crippen LogP contribution is 2.26. The van der Waals surface area contributed by atoms with Gasteiger partial charge in [-0.25, -0.2) is 0 Å². The number of carbonyl (C=O) groups excluding carboxylic acids is 1. The van der Waals surface area contributed by atoms with Gasteiger partial charge in [0.15, 0.2) is 0 Å². The van der Waals surface area contributed by atoms with Crippen LogP contribution < -0.4 is 5.32 Å². The first kappa shape index (κ1) is 16.4. The van der Waals surface area contributed by atoms with Gasteiger partial charge >= 0.3 is 0 Å². The number of piperidine rings is 1. The maximum atomic E-state index is 12.5. The van der Waals surface area contributed by atoms with E-state index in [2.05, 4.69) is 22.3 Å². The van der Waals surface area contributed by atoms with Crippen LogP contribution in [-0.4, -0.2) is 42.7 Å². The van der Waals surface area contributed by atoms with Gasteiger partial charge in [0.25, 0.3) is 0 Å². The molecule has 1 unspecified atom stereocenters. The van der Waals surface area contributed by atoms with Crippen molar-refractivity contribution in [3.63, 3.8) is 0 Å². The molecule has 0 radical (unpaired) electrons. The van der Waals surface area contributed by atoms with Gasteiger partial charge in [-0.1, -0.05) is 18.2 Å². The number of nitrogens with one attached hydrogen (secondary N) is 1. The van der Waals surface area contributed by atoms with Gasteiger partial charge in [0.2, 0.25) is 5.91 Å². The first-order chi connectivity index (χ1) is 10.2. The molecule has 1 heterocycles. The summed E-state index contributed by atoms with van der Waals surface area (Å²) >= 11 is 1.66. The molecule has 0 saturated carbocycles. The fourth-order valence-electron chi connectivity index (χ4n) is 2.80. The van der Waals surface area contributed by atoms with Crippen LogP contribution in [0.5, 0.6) is 0 Å². The zero-order chi connectivity index (χ0) is 15.1. The van der Waals surface area contributed by atoms with Crippen molar-refractivity contribution in [3.05, 3.63) is 30.3 Å². The minimum atomic E-state index is 0.00117. The molecule has 3 nitrogen and oxygen atoms in total. The summed E-state index contributed by atoms with van der Waals surface area (Å²) in [5, 5.41) is 3.21. The average molecular weight is 306 g/mol. The van der Waals surface area contributed by atoms with Gasteiger partial charge in [-0.15, -0.1) is 11.8 Å². The van der Waals surface area contributed by atoms with Crippen LogP contribution in [0, 0.1) is 5.92 Å². The fourth-order valence-corrected chi connectivity index (χ4v) is 3.77. The van der Waals surface area contributed by atoms with Gasteiger partial charge < -0.3 is 10.2 Å². The predicted molar refractivity (Wildman–Crippen MR) is 89.6 cm³/mol. The molecule has 1 atom stereocenters. The zero-order valence-electron chi connectivity index (χ0n) is 13.0. The summed E-state index contributed by atoms with van der Waals surface area (Å²) in [6.45, 7) is 4.95. The van der Waals surface area contributed by atoms with E-state index in [9.17, 15) is 4.79 Å². The lowest BCUT2D eigenvalue weighted by atomic mass is 9.93. The Bertz CT molecular complexity index is 430. The molecule has 1 aliphatic heterocycles. The summed E-state index contributed by atoms with van der Waals surface area (Å²) in [6, 6.07) is 10.2. The quantitative estimate of drug-likeness (QED) is 0.820. The number of benzene rings is 1. The molecule has 1 aliphatic rings. The van der Waals surface area contributed by atoms with Crippen LogP contribution in [0.15, 0.2) is 35.2 Å². The highest BCUT2D eigenvalue weighted by atomic mass is 32.2. The molecular weight excluding hydrogens is 280 g/mol. The van der Waals surface area contributed by atoms with Crippen molar-refractivity contribution in [1.82, 2.24) is 10.2 Å². The monoisotopic (exact) mass is 306 g/mol. The Morgan fingerprint density at radius 2 is 2.00 bits per heavy atom. The SMILES string of the molecule is CNCCC1CCN(C(=O)C(C)Sc2ccccc2)CC1. The van der Waals surface area contributed by atoms with Gasteiger partial charge in [-0.05, 0) is 57.8 Å². The van der Waals surface area contributed by atoms with E-state index in [-0.39, 0.29) is 11.2 Å². The Morgan fingerprint density at radius 3 is 2.62 bits per heavy atom. The largest absolute Gasteiger partial charge is 0.342 e. The first-order valence-electron chi connectivity index (χ1n) is 7.86. The van der Waals surface area contributed by atoms with E-state index < -0.39 is 0 Å². The molecule has 2 rings (SSSR count). The van der Waals surface area contributed by atoms with Crippen LogP contribution >= 0.6 is 11.8 Å². The molecule has 4 heteroatoms. The Kier molecular flexibility index (Phi) is 6.58. The highest BCUT2D eigenvalue weighted by molar-refractivity contribution is 8.00. The maximum absolute atomic E-state index is 12.5. The Labute approximate surface area is 132 Å². The van der Waals surface area contributed by atoms with Crippen molar-refractivity contribution in [1.29, 1.82) is 0 Å². The number of thioether (sulfide) groups is 1. The van der Waals surface area contributed by atoms with E-state index in [1.165, 1.54) is 11.3 Å². The Balaban J connectivity index is 1.78. The van der Waals surface area contributed by atoms with Crippen LogP contribution in [0.3, 0.4) is 0 Å². The molecule has 1 N–H and O–H groups in total. The second kappa shape index (κ2) is 8.44. The van der Waals surface area contributed by atoms with E-state index in [0.717, 1.165) is 38.4 Å². The molecule has 1 saturated heterocycles. The molecule has 1 aromatic rings. The second-order valence-electron chi connectivity index (χ2n) is 5.73. The topological polar surface area (TPSA) is 32.3 Å². The molecule has 0 aromatic heterocycles. The lowest BCUT2D eigenvalue weighted by Crippen LogP contribution is -2.42. The van der Waals surface area contributed by atoms with E-state index >= 15 is 0 Å². The standard InChI is InChI=1S/C17H26N2OS/c1-14(21-16-6-4-3-5-7-16)17(20)19-12-9-15(10-13-19)8-11-18-2/h3-7,14-15,18H,8-13H2,1-2H3. The summed E-state index contributed by atoms with van der Waals surface area (Å²) in [6.07, 6.45) is 3.53. The van der Waals surface area contributed by atoms with E-state index in [1.807, 2.05) is 32.2 Å². The summed E-state index contributed by atoms with van der Waals surface area (Å²) in [5.74, 6) is 1.06. The first-order valence-corrected chi connectivity index (χ1v) is 8.73. The molecule has 1 amide bonds. The van der Waals surface area contributed by atoms with Gasteiger partial charge in [-0.3, -0.25) is 4.79 Å². The lowest BCUT2D eigenvalue weighted by molar-refractivity contribution is -0.131. The minimum absolute atomic E-state index is 0.00117. The van der Waals surface area contributed by atoms with Crippen molar-refractivity contribution in [2.24, 2.45) is 5.92 Å². The second-order valence-corrected chi connectivity index (χ2v) is 7.15. The normalized spacial score (nSPS) is 17.7. The van der Waals surface area contributed by atoms with Crippen LogP contribution in [-0.2, 0) is 4.79 Å². The average Bonchev–Trinajstić information content (AvgIpc) is 2.53. The molecule has 0 spiro atoms. The summed E-state index contributed by atoms with van der Waals surface area (Å²) in [7, 11) is 2.00. The molecule has 1 fully saturated rings. The van der Waals surface area contributed by atoms with Crippen LogP contribution in [0.25, 0.3) is 0 Å². The third kappa shape index (κ3) is 5.04. The summed E-state index contributed by atoms with van der Waals surface area (Å²) in [4.78, 5) is 15.7. The number of amides is 1. The lowest BCUT2D eigenvalue weighted by Gasteiger charge is -2.33. The van der Waals surface area contributed by atoms with Crippen LogP contribution in [0.2, 0.25) is 0 Å². The molecule has 0 aliphatic carbocycles. The predicted octanol–water partition coefficient (Wildman–Crippen LogP) is 3.02. The molecule has 21 heavy (non-hydrogen) atoms. The van der Waals surface area contributed by atoms with Crippen molar-refractivity contribution < 1.29 is 4.79 Å². The smallest absolute Gasteiger partial charge is 0.235 e. The Morgan fingerprint density at radius 1 is 1.33 bits per heavy atom. The third-order valence-corrected chi connectivity index (χ3v) is 5.23. The Hall–Kier alpha value is -1.00. The van der Waals surface area contributed by atoms with Gasteiger partial charge in [0, 0.05) is 18.0 Å². The van der Waals surface area contributed by atoms with Gasteiger partial charge in [0.1, 0.15) is 0 Å². The van der Waals surface area contributed by atoms with E-state index in [1.54, 1.807) is 11.8 Å². The minimum Gasteiger partial charge on any atom is -0.342 e. The van der Waals surface area contributed by atoms with Crippen molar-refractivity contribution in [3.8, 4) is 0 Å². The molecule has 0 bridgehead atoms. The van der Waals surface area contributed by atoms with Gasteiger partial charge in [0.05, 0.1) is 5.25 Å². The molecular formula is C17H26N2OS. The summed E-state index contributed by atoms with van der Waals surface area (Å²) in [5.41, 5.74) is 0. The molecule has 116 valence electrons.